The van der Waals surface area contributed by atoms with Gasteiger partial charge in [-0.3, -0.25) is 4.79 Å². The largest absolute Gasteiger partial charge is 0.469 e. The average Bonchev–Trinajstić information content (AvgIpc) is 2.26. The Hall–Kier alpha value is -1.85. The predicted molar refractivity (Wildman–Crippen MR) is 56.3 cm³/mol. The van der Waals surface area contributed by atoms with Crippen molar-refractivity contribution in [3.63, 3.8) is 0 Å². The second-order valence-electron chi connectivity index (χ2n) is 3.05. The molecule has 6 nitrogen and oxygen atoms in total. The molecule has 0 amide bonds. The molecule has 0 bridgehead atoms. The molecular formula is C9H14N4O2. The average molecular weight is 210 g/mol. The summed E-state index contributed by atoms with van der Waals surface area (Å²) in [5, 5.41) is 0. The van der Waals surface area contributed by atoms with E-state index in [0.717, 1.165) is 0 Å². The minimum atomic E-state index is -0.245. The summed E-state index contributed by atoms with van der Waals surface area (Å²) in [5.41, 5.74) is 5.40. The van der Waals surface area contributed by atoms with Crippen LogP contribution in [0.1, 0.15) is 6.42 Å². The second-order valence-corrected chi connectivity index (χ2v) is 3.05. The van der Waals surface area contributed by atoms with Crippen molar-refractivity contribution >= 4 is 17.6 Å². The smallest absolute Gasteiger partial charge is 0.307 e. The molecule has 0 aliphatic rings. The maximum Gasteiger partial charge on any atom is 0.307 e. The van der Waals surface area contributed by atoms with E-state index in [4.69, 9.17) is 5.73 Å². The van der Waals surface area contributed by atoms with Crippen molar-refractivity contribution in [1.82, 2.24) is 9.97 Å². The molecule has 0 atom stereocenters. The number of esters is 1. The van der Waals surface area contributed by atoms with Crippen LogP contribution in [0.15, 0.2) is 12.4 Å². The molecule has 6 heteroatoms. The standard InChI is InChI=1S/C9H14N4O2/c1-13(4-3-9(14)15-2)8-6-11-7(10)5-12-8/h5-6H,3-4H2,1-2H3,(H2,10,11). The lowest BCUT2D eigenvalue weighted by molar-refractivity contribution is -0.140. The van der Waals surface area contributed by atoms with Gasteiger partial charge >= 0.3 is 5.97 Å². The van der Waals surface area contributed by atoms with Gasteiger partial charge in [0.05, 0.1) is 25.9 Å². The maximum atomic E-state index is 10.9. The molecule has 0 aliphatic heterocycles. The van der Waals surface area contributed by atoms with Gasteiger partial charge in [0.1, 0.15) is 11.6 Å². The van der Waals surface area contributed by atoms with Crippen LogP contribution < -0.4 is 10.6 Å². The highest BCUT2D eigenvalue weighted by molar-refractivity contribution is 5.69. The van der Waals surface area contributed by atoms with Gasteiger partial charge in [0.25, 0.3) is 0 Å². The maximum absolute atomic E-state index is 10.9. The van der Waals surface area contributed by atoms with E-state index in [1.54, 1.807) is 6.20 Å². The van der Waals surface area contributed by atoms with Crippen molar-refractivity contribution in [3.8, 4) is 0 Å². The summed E-state index contributed by atoms with van der Waals surface area (Å²) in [6.07, 6.45) is 3.36. The zero-order valence-corrected chi connectivity index (χ0v) is 8.80. The summed E-state index contributed by atoms with van der Waals surface area (Å²) < 4.78 is 4.53. The van der Waals surface area contributed by atoms with Crippen molar-refractivity contribution < 1.29 is 9.53 Å². The van der Waals surface area contributed by atoms with Crippen molar-refractivity contribution in [3.05, 3.63) is 12.4 Å². The molecule has 0 unspecified atom stereocenters. The summed E-state index contributed by atoms with van der Waals surface area (Å²) in [6.45, 7) is 0.533. The number of nitrogens with zero attached hydrogens (tertiary/aromatic N) is 3. The topological polar surface area (TPSA) is 81.3 Å². The Labute approximate surface area is 88.1 Å². The van der Waals surface area contributed by atoms with Crippen molar-refractivity contribution in [2.24, 2.45) is 0 Å². The molecule has 0 fully saturated rings. The van der Waals surface area contributed by atoms with Crippen LogP contribution in [0.5, 0.6) is 0 Å². The van der Waals surface area contributed by atoms with E-state index in [1.807, 2.05) is 11.9 Å². The highest BCUT2D eigenvalue weighted by Gasteiger charge is 2.06. The third-order valence-corrected chi connectivity index (χ3v) is 1.93. The molecule has 1 rings (SSSR count). The lowest BCUT2D eigenvalue weighted by Gasteiger charge is -2.16. The van der Waals surface area contributed by atoms with Crippen LogP contribution in [0.3, 0.4) is 0 Å². The third kappa shape index (κ3) is 3.41. The quantitative estimate of drug-likeness (QED) is 0.707. The highest BCUT2D eigenvalue weighted by atomic mass is 16.5. The first kappa shape index (κ1) is 11.2. The SMILES string of the molecule is COC(=O)CCN(C)c1cnc(N)cn1. The molecule has 0 saturated carbocycles. The predicted octanol–water partition coefficient (Wildman–Crippen LogP) is 0.0581. The Kier molecular flexibility index (Phi) is 3.84. The number of nitrogen functional groups attached to an aromatic ring is 1. The molecule has 0 saturated heterocycles. The molecular weight excluding hydrogens is 196 g/mol. The monoisotopic (exact) mass is 210 g/mol. The van der Waals surface area contributed by atoms with Crippen LogP contribution in [0, 0.1) is 0 Å². The number of hydrogen-bond acceptors (Lipinski definition) is 6. The van der Waals surface area contributed by atoms with Gasteiger partial charge in [-0.1, -0.05) is 0 Å². The molecule has 1 aromatic rings. The fourth-order valence-corrected chi connectivity index (χ4v) is 1.00. The lowest BCUT2D eigenvalue weighted by atomic mass is 10.4. The normalized spacial score (nSPS) is 9.73. The van der Waals surface area contributed by atoms with E-state index in [-0.39, 0.29) is 5.97 Å². The van der Waals surface area contributed by atoms with Crippen LogP contribution in [-0.4, -0.2) is 36.6 Å². The van der Waals surface area contributed by atoms with Crippen LogP contribution in [0.2, 0.25) is 0 Å². The van der Waals surface area contributed by atoms with E-state index < -0.39 is 0 Å². The Morgan fingerprint density at radius 3 is 2.80 bits per heavy atom. The van der Waals surface area contributed by atoms with Crippen molar-refractivity contribution in [2.45, 2.75) is 6.42 Å². The van der Waals surface area contributed by atoms with E-state index in [1.165, 1.54) is 13.3 Å². The lowest BCUT2D eigenvalue weighted by Crippen LogP contribution is -2.22. The van der Waals surface area contributed by atoms with Gasteiger partial charge in [-0.05, 0) is 0 Å². The number of nitrogens with two attached hydrogens (primary N) is 1. The molecule has 15 heavy (non-hydrogen) atoms. The summed E-state index contributed by atoms with van der Waals surface area (Å²) >= 11 is 0. The Morgan fingerprint density at radius 2 is 2.27 bits per heavy atom. The molecule has 0 aromatic carbocycles. The van der Waals surface area contributed by atoms with Crippen LogP contribution in [0.25, 0.3) is 0 Å². The Bertz CT molecular complexity index is 325. The summed E-state index contributed by atoms with van der Waals surface area (Å²) in [4.78, 5) is 20.7. The number of anilines is 2. The Morgan fingerprint density at radius 1 is 1.53 bits per heavy atom. The fourth-order valence-electron chi connectivity index (χ4n) is 1.00. The number of carbonyl (C=O) groups is 1. The zero-order valence-electron chi connectivity index (χ0n) is 8.80. The minimum Gasteiger partial charge on any atom is -0.469 e. The zero-order chi connectivity index (χ0) is 11.3. The highest BCUT2D eigenvalue weighted by Crippen LogP contribution is 2.07. The number of rotatable bonds is 4. The number of carbonyl (C=O) groups excluding carboxylic acids is 1. The molecule has 1 aromatic heterocycles. The molecule has 0 aliphatic carbocycles. The van der Waals surface area contributed by atoms with E-state index in [2.05, 4.69) is 14.7 Å². The van der Waals surface area contributed by atoms with Gasteiger partial charge < -0.3 is 15.4 Å². The first-order valence-corrected chi connectivity index (χ1v) is 4.49. The molecule has 2 N–H and O–H groups in total. The van der Waals surface area contributed by atoms with Crippen LogP contribution in [-0.2, 0) is 9.53 Å². The number of aromatic nitrogens is 2. The van der Waals surface area contributed by atoms with Gasteiger partial charge in [-0.15, -0.1) is 0 Å². The first-order chi connectivity index (χ1) is 7.13. The molecule has 1 heterocycles. The van der Waals surface area contributed by atoms with Crippen LogP contribution >= 0.6 is 0 Å². The van der Waals surface area contributed by atoms with E-state index in [0.29, 0.717) is 24.6 Å². The summed E-state index contributed by atoms with van der Waals surface area (Å²) in [7, 11) is 3.19. The van der Waals surface area contributed by atoms with Gasteiger partial charge in [0.2, 0.25) is 0 Å². The van der Waals surface area contributed by atoms with Gasteiger partial charge in [0.15, 0.2) is 0 Å². The third-order valence-electron chi connectivity index (χ3n) is 1.93. The van der Waals surface area contributed by atoms with Gasteiger partial charge in [-0.25, -0.2) is 9.97 Å². The number of ether oxygens (including phenoxy) is 1. The Balaban J connectivity index is 2.50. The number of hydrogen-bond donors (Lipinski definition) is 1. The molecule has 0 radical (unpaired) electrons. The molecule has 0 spiro atoms. The van der Waals surface area contributed by atoms with Gasteiger partial charge in [-0.2, -0.15) is 0 Å². The fraction of sp³-hybridized carbons (Fsp3) is 0.444. The van der Waals surface area contributed by atoms with Gasteiger partial charge in [0, 0.05) is 13.6 Å². The van der Waals surface area contributed by atoms with E-state index >= 15 is 0 Å². The van der Waals surface area contributed by atoms with Crippen molar-refractivity contribution in [2.75, 3.05) is 31.3 Å². The minimum absolute atomic E-state index is 0.245. The van der Waals surface area contributed by atoms with Crippen LogP contribution in [0.4, 0.5) is 11.6 Å². The second kappa shape index (κ2) is 5.14. The first-order valence-electron chi connectivity index (χ1n) is 4.49. The summed E-state index contributed by atoms with van der Waals surface area (Å²) in [5.74, 6) is 0.804. The number of methoxy groups -OCH3 is 1. The van der Waals surface area contributed by atoms with E-state index in [9.17, 15) is 4.79 Å². The van der Waals surface area contributed by atoms with Crippen molar-refractivity contribution in [1.29, 1.82) is 0 Å². The molecule has 82 valence electrons. The summed E-state index contributed by atoms with van der Waals surface area (Å²) in [6, 6.07) is 0.